The number of pyridine rings is 2. The van der Waals surface area contributed by atoms with Gasteiger partial charge in [-0.3, -0.25) is 9.48 Å². The van der Waals surface area contributed by atoms with Gasteiger partial charge in [-0.25, -0.2) is 15.0 Å². The number of amides is 1. The van der Waals surface area contributed by atoms with Crippen LogP contribution in [0.4, 0.5) is 23.1 Å². The molecule has 0 spiro atoms. The molecule has 12 nitrogen and oxygen atoms in total. The van der Waals surface area contributed by atoms with Crippen LogP contribution in [0.1, 0.15) is 10.5 Å². The lowest BCUT2D eigenvalue weighted by atomic mass is 10.2. The molecule has 162 valence electrons. The summed E-state index contributed by atoms with van der Waals surface area (Å²) in [5, 5.41) is 21.2. The van der Waals surface area contributed by atoms with E-state index in [1.54, 1.807) is 54.7 Å². The van der Waals surface area contributed by atoms with Gasteiger partial charge in [-0.2, -0.15) is 5.10 Å². The minimum Gasteiger partial charge on any atom is -0.492 e. The van der Waals surface area contributed by atoms with E-state index >= 15 is 0 Å². The monoisotopic (exact) mass is 432 g/mol. The third-order valence-corrected chi connectivity index (χ3v) is 4.36. The van der Waals surface area contributed by atoms with Crippen molar-refractivity contribution in [3.8, 4) is 17.1 Å². The summed E-state index contributed by atoms with van der Waals surface area (Å²) in [5.41, 5.74) is 1.10. The van der Waals surface area contributed by atoms with Crippen LogP contribution in [-0.4, -0.2) is 55.0 Å². The lowest BCUT2D eigenvalue weighted by molar-refractivity contribution is 0.0958. The Labute approximate surface area is 183 Å². The Kier molecular flexibility index (Phi) is 5.83. The second-order valence-electron chi connectivity index (χ2n) is 6.52. The standard InChI is InChI=1S/C20H20N10O2/c1-21-20(31)16-13(10-15(27-28-16)26-14-6-4-5-8-22-14)25-19-17(32-3)12(7-9-23-19)18-24-11-30(2)29-18/h4-11H,1-3H3,(H,21,31)(H2,22,23,25,26,27). The van der Waals surface area contributed by atoms with E-state index in [0.717, 1.165) is 0 Å². The van der Waals surface area contributed by atoms with Crippen molar-refractivity contribution in [3.63, 3.8) is 0 Å². The minimum absolute atomic E-state index is 0.0873. The molecule has 12 heteroatoms. The molecular weight excluding hydrogens is 412 g/mol. The molecule has 0 bridgehead atoms. The van der Waals surface area contributed by atoms with E-state index in [0.29, 0.717) is 40.3 Å². The molecule has 0 aromatic carbocycles. The number of methoxy groups -OCH3 is 1. The highest BCUT2D eigenvalue weighted by molar-refractivity contribution is 5.98. The molecule has 0 saturated heterocycles. The zero-order chi connectivity index (χ0) is 22.5. The fourth-order valence-electron chi connectivity index (χ4n) is 2.91. The zero-order valence-corrected chi connectivity index (χ0v) is 17.6. The van der Waals surface area contributed by atoms with Crippen molar-refractivity contribution < 1.29 is 9.53 Å². The quantitative estimate of drug-likeness (QED) is 0.396. The predicted molar refractivity (Wildman–Crippen MR) is 117 cm³/mol. The molecule has 0 aliphatic carbocycles. The lowest BCUT2D eigenvalue weighted by Gasteiger charge is -2.15. The Morgan fingerprint density at radius 2 is 1.91 bits per heavy atom. The smallest absolute Gasteiger partial charge is 0.273 e. The number of nitrogens with zero attached hydrogens (tertiary/aromatic N) is 7. The summed E-state index contributed by atoms with van der Waals surface area (Å²) in [6.07, 6.45) is 4.84. The fraction of sp³-hybridized carbons (Fsp3) is 0.150. The zero-order valence-electron chi connectivity index (χ0n) is 17.6. The summed E-state index contributed by atoms with van der Waals surface area (Å²) in [6.45, 7) is 0. The summed E-state index contributed by atoms with van der Waals surface area (Å²) in [6, 6.07) is 8.82. The minimum atomic E-state index is -0.411. The average Bonchev–Trinajstić information content (AvgIpc) is 3.25. The number of aromatic nitrogens is 7. The SMILES string of the molecule is CNC(=O)c1nnc(Nc2ccccn2)cc1Nc1nccc(-c2ncn(C)n2)c1OC. The molecule has 0 radical (unpaired) electrons. The van der Waals surface area contributed by atoms with E-state index in [1.807, 2.05) is 6.07 Å². The maximum Gasteiger partial charge on any atom is 0.273 e. The molecule has 0 aliphatic rings. The summed E-state index contributed by atoms with van der Waals surface area (Å²) < 4.78 is 7.18. The Morgan fingerprint density at radius 3 is 2.59 bits per heavy atom. The molecule has 4 aromatic rings. The molecule has 0 saturated carbocycles. The van der Waals surface area contributed by atoms with Gasteiger partial charge >= 0.3 is 0 Å². The van der Waals surface area contributed by atoms with Crippen LogP contribution >= 0.6 is 0 Å². The van der Waals surface area contributed by atoms with Gasteiger partial charge in [0.2, 0.25) is 0 Å². The maximum absolute atomic E-state index is 12.4. The molecule has 0 aliphatic heterocycles. The third-order valence-electron chi connectivity index (χ3n) is 4.36. The average molecular weight is 432 g/mol. The van der Waals surface area contributed by atoms with Crippen LogP contribution < -0.4 is 20.7 Å². The lowest BCUT2D eigenvalue weighted by Crippen LogP contribution is -2.21. The second-order valence-corrected chi connectivity index (χ2v) is 6.52. The second kappa shape index (κ2) is 9.04. The molecule has 0 atom stereocenters. The number of carbonyl (C=O) groups excluding carboxylic acids is 1. The Hall–Kier alpha value is -4.61. The number of ether oxygens (including phenoxy) is 1. The summed E-state index contributed by atoms with van der Waals surface area (Å²) in [7, 11) is 4.81. The van der Waals surface area contributed by atoms with Gasteiger partial charge in [-0.15, -0.1) is 10.2 Å². The number of nitrogens with one attached hydrogen (secondary N) is 3. The molecule has 4 heterocycles. The van der Waals surface area contributed by atoms with Crippen LogP contribution in [0.2, 0.25) is 0 Å². The molecule has 1 amide bonds. The number of hydrogen-bond donors (Lipinski definition) is 3. The number of rotatable bonds is 7. The van der Waals surface area contributed by atoms with Crippen LogP contribution in [-0.2, 0) is 7.05 Å². The van der Waals surface area contributed by atoms with Crippen LogP contribution in [0.25, 0.3) is 11.4 Å². The third kappa shape index (κ3) is 4.28. The van der Waals surface area contributed by atoms with Crippen molar-refractivity contribution in [2.75, 3.05) is 24.8 Å². The van der Waals surface area contributed by atoms with Gasteiger partial charge in [0.05, 0.1) is 18.4 Å². The van der Waals surface area contributed by atoms with Gasteiger partial charge in [0.15, 0.2) is 28.9 Å². The van der Waals surface area contributed by atoms with E-state index in [-0.39, 0.29) is 5.69 Å². The first-order valence-corrected chi connectivity index (χ1v) is 9.53. The molecule has 0 unspecified atom stereocenters. The van der Waals surface area contributed by atoms with Crippen LogP contribution in [0.3, 0.4) is 0 Å². The highest BCUT2D eigenvalue weighted by Gasteiger charge is 2.20. The summed E-state index contributed by atoms with van der Waals surface area (Å²) >= 11 is 0. The highest BCUT2D eigenvalue weighted by Crippen LogP contribution is 2.35. The van der Waals surface area contributed by atoms with E-state index in [2.05, 4.69) is 46.2 Å². The van der Waals surface area contributed by atoms with Crippen molar-refractivity contribution in [1.29, 1.82) is 0 Å². The van der Waals surface area contributed by atoms with Gasteiger partial charge in [0, 0.05) is 32.6 Å². The van der Waals surface area contributed by atoms with E-state index in [1.165, 1.54) is 14.2 Å². The maximum atomic E-state index is 12.4. The van der Waals surface area contributed by atoms with Crippen molar-refractivity contribution in [1.82, 2.24) is 40.2 Å². The number of carbonyl (C=O) groups is 1. The first-order valence-electron chi connectivity index (χ1n) is 9.53. The highest BCUT2D eigenvalue weighted by atomic mass is 16.5. The van der Waals surface area contributed by atoms with Gasteiger partial charge in [-0.1, -0.05) is 6.07 Å². The van der Waals surface area contributed by atoms with E-state index < -0.39 is 5.91 Å². The normalized spacial score (nSPS) is 10.5. The largest absolute Gasteiger partial charge is 0.492 e. The summed E-state index contributed by atoms with van der Waals surface area (Å²) in [4.78, 5) is 25.2. The first-order chi connectivity index (χ1) is 15.6. The van der Waals surface area contributed by atoms with Crippen LogP contribution in [0, 0.1) is 0 Å². The van der Waals surface area contributed by atoms with Gasteiger partial charge in [0.1, 0.15) is 12.1 Å². The molecule has 4 rings (SSSR count). The summed E-state index contributed by atoms with van der Waals surface area (Å²) in [5.74, 6) is 1.81. The van der Waals surface area contributed by atoms with Crippen molar-refractivity contribution in [3.05, 3.63) is 54.7 Å². The predicted octanol–water partition coefficient (Wildman–Crippen LogP) is 1.92. The number of anilines is 4. The molecule has 0 fully saturated rings. The fourth-order valence-corrected chi connectivity index (χ4v) is 2.91. The van der Waals surface area contributed by atoms with Crippen molar-refractivity contribution in [2.45, 2.75) is 0 Å². The number of hydrogen-bond acceptors (Lipinski definition) is 10. The molecule has 32 heavy (non-hydrogen) atoms. The molecule has 3 N–H and O–H groups in total. The topological polar surface area (TPSA) is 145 Å². The van der Waals surface area contributed by atoms with Crippen molar-refractivity contribution in [2.24, 2.45) is 7.05 Å². The van der Waals surface area contributed by atoms with Crippen LogP contribution in [0.15, 0.2) is 49.1 Å². The van der Waals surface area contributed by atoms with Gasteiger partial charge in [-0.05, 0) is 18.2 Å². The van der Waals surface area contributed by atoms with E-state index in [4.69, 9.17) is 4.74 Å². The van der Waals surface area contributed by atoms with Gasteiger partial charge in [0.25, 0.3) is 5.91 Å². The molecular formula is C20H20N10O2. The molecule has 4 aromatic heterocycles. The van der Waals surface area contributed by atoms with Crippen molar-refractivity contribution >= 4 is 29.0 Å². The number of aryl methyl sites for hydroxylation is 1. The Morgan fingerprint density at radius 1 is 1.03 bits per heavy atom. The first kappa shape index (κ1) is 20.7. The Balaban J connectivity index is 1.74. The van der Waals surface area contributed by atoms with Crippen LogP contribution in [0.5, 0.6) is 5.75 Å². The Bertz CT molecular complexity index is 1240. The van der Waals surface area contributed by atoms with Gasteiger partial charge < -0.3 is 20.7 Å². The van der Waals surface area contributed by atoms with E-state index in [9.17, 15) is 4.79 Å².